The Labute approximate surface area is 127 Å². The second-order valence-electron chi connectivity index (χ2n) is 4.56. The van der Waals surface area contributed by atoms with E-state index in [0.29, 0.717) is 24.5 Å². The molecule has 112 valence electrons. The topological polar surface area (TPSA) is 73.6 Å². The van der Waals surface area contributed by atoms with E-state index >= 15 is 0 Å². The molecule has 20 heavy (non-hydrogen) atoms. The Balaban J connectivity index is 2.82. The number of methoxy groups -OCH3 is 1. The molecule has 3 N–H and O–H groups in total. The van der Waals surface area contributed by atoms with Gasteiger partial charge in [0.15, 0.2) is 11.5 Å². The van der Waals surface area contributed by atoms with Gasteiger partial charge in [-0.05, 0) is 47.0 Å². The molecule has 0 spiro atoms. The van der Waals surface area contributed by atoms with Gasteiger partial charge < -0.3 is 20.5 Å². The predicted octanol–water partition coefficient (Wildman–Crippen LogP) is 1.86. The standard InChI is InChI=1S/C14H21BrN2O3/c1-9(16)6-10-7-11(15)14(12(8-10)19-3)20-5-4-13(18)17-2/h7-9H,4-6,16H2,1-3H3,(H,17,18). The zero-order valence-electron chi connectivity index (χ0n) is 12.0. The van der Waals surface area contributed by atoms with Crippen molar-refractivity contribution in [2.75, 3.05) is 20.8 Å². The van der Waals surface area contributed by atoms with Crippen LogP contribution < -0.4 is 20.5 Å². The lowest BCUT2D eigenvalue weighted by Crippen LogP contribution is -2.20. The summed E-state index contributed by atoms with van der Waals surface area (Å²) in [7, 11) is 3.19. The third kappa shape index (κ3) is 5.02. The van der Waals surface area contributed by atoms with Crippen LogP contribution in [0.25, 0.3) is 0 Å². The van der Waals surface area contributed by atoms with Crippen LogP contribution in [0.5, 0.6) is 11.5 Å². The molecule has 0 aromatic heterocycles. The van der Waals surface area contributed by atoms with Crippen LogP contribution in [0.3, 0.4) is 0 Å². The number of hydrogen-bond donors (Lipinski definition) is 2. The SMILES string of the molecule is CNC(=O)CCOc1c(Br)cc(CC(C)N)cc1OC. The van der Waals surface area contributed by atoms with Gasteiger partial charge in [0.25, 0.3) is 0 Å². The van der Waals surface area contributed by atoms with E-state index in [4.69, 9.17) is 15.2 Å². The second-order valence-corrected chi connectivity index (χ2v) is 5.42. The quantitative estimate of drug-likeness (QED) is 0.791. The van der Waals surface area contributed by atoms with Crippen molar-refractivity contribution in [3.63, 3.8) is 0 Å². The number of ether oxygens (including phenoxy) is 2. The summed E-state index contributed by atoms with van der Waals surface area (Å²) in [5.41, 5.74) is 6.87. The lowest BCUT2D eigenvalue weighted by Gasteiger charge is -2.15. The number of rotatable bonds is 7. The predicted molar refractivity (Wildman–Crippen MR) is 82.2 cm³/mol. The Bertz CT molecular complexity index is 464. The summed E-state index contributed by atoms with van der Waals surface area (Å²) in [5, 5.41) is 2.55. The molecule has 6 heteroatoms. The Hall–Kier alpha value is -1.27. The molecule has 1 aromatic carbocycles. The molecule has 1 aromatic rings. The molecule has 0 saturated carbocycles. The van der Waals surface area contributed by atoms with Crippen molar-refractivity contribution in [2.45, 2.75) is 25.8 Å². The minimum Gasteiger partial charge on any atom is -0.493 e. The summed E-state index contributed by atoms with van der Waals surface area (Å²) in [6.45, 7) is 2.25. The van der Waals surface area contributed by atoms with E-state index in [1.165, 1.54) is 0 Å². The molecular weight excluding hydrogens is 324 g/mol. The van der Waals surface area contributed by atoms with E-state index in [0.717, 1.165) is 16.5 Å². The van der Waals surface area contributed by atoms with Gasteiger partial charge in [0.1, 0.15) is 0 Å². The molecule has 0 fully saturated rings. The summed E-state index contributed by atoms with van der Waals surface area (Å²) in [4.78, 5) is 11.2. The molecule has 0 aliphatic heterocycles. The van der Waals surface area contributed by atoms with Gasteiger partial charge in [0, 0.05) is 13.1 Å². The van der Waals surface area contributed by atoms with Crippen LogP contribution in [-0.2, 0) is 11.2 Å². The summed E-state index contributed by atoms with van der Waals surface area (Å²) in [5.74, 6) is 1.17. The number of carbonyl (C=O) groups is 1. The number of hydrogen-bond acceptors (Lipinski definition) is 4. The first kappa shape index (κ1) is 16.8. The molecule has 0 saturated heterocycles. The molecule has 0 radical (unpaired) electrons. The highest BCUT2D eigenvalue weighted by Gasteiger charge is 2.13. The third-order valence-corrected chi connectivity index (χ3v) is 3.29. The maximum atomic E-state index is 11.2. The largest absolute Gasteiger partial charge is 0.493 e. The molecule has 0 aliphatic carbocycles. The third-order valence-electron chi connectivity index (χ3n) is 2.70. The smallest absolute Gasteiger partial charge is 0.223 e. The molecule has 0 aliphatic rings. The van der Waals surface area contributed by atoms with Crippen molar-refractivity contribution in [3.05, 3.63) is 22.2 Å². The maximum absolute atomic E-state index is 11.2. The lowest BCUT2D eigenvalue weighted by atomic mass is 10.1. The minimum absolute atomic E-state index is 0.0614. The van der Waals surface area contributed by atoms with E-state index in [1.54, 1.807) is 14.2 Å². The molecule has 1 unspecified atom stereocenters. The summed E-state index contributed by atoms with van der Waals surface area (Å²) < 4.78 is 11.8. The monoisotopic (exact) mass is 344 g/mol. The van der Waals surface area contributed by atoms with Crippen LogP contribution in [0.4, 0.5) is 0 Å². The van der Waals surface area contributed by atoms with E-state index in [-0.39, 0.29) is 11.9 Å². The molecule has 1 amide bonds. The van der Waals surface area contributed by atoms with E-state index in [9.17, 15) is 4.79 Å². The highest BCUT2D eigenvalue weighted by molar-refractivity contribution is 9.10. The van der Waals surface area contributed by atoms with Crippen molar-refractivity contribution < 1.29 is 14.3 Å². The number of nitrogens with two attached hydrogens (primary N) is 1. The Kier molecular flexibility index (Phi) is 6.81. The van der Waals surface area contributed by atoms with Crippen LogP contribution >= 0.6 is 15.9 Å². The number of amides is 1. The summed E-state index contributed by atoms with van der Waals surface area (Å²) >= 11 is 3.47. The van der Waals surface area contributed by atoms with Gasteiger partial charge in [0.05, 0.1) is 24.6 Å². The summed E-state index contributed by atoms with van der Waals surface area (Å²) in [6, 6.07) is 3.94. The fourth-order valence-corrected chi connectivity index (χ4v) is 2.38. The van der Waals surface area contributed by atoms with Crippen LogP contribution in [0.1, 0.15) is 18.9 Å². The van der Waals surface area contributed by atoms with Gasteiger partial charge in [-0.3, -0.25) is 4.79 Å². The van der Waals surface area contributed by atoms with Crippen LogP contribution in [-0.4, -0.2) is 32.7 Å². The second kappa shape index (κ2) is 8.11. The molecule has 5 nitrogen and oxygen atoms in total. The van der Waals surface area contributed by atoms with Crippen molar-refractivity contribution in [1.29, 1.82) is 0 Å². The number of benzene rings is 1. The minimum atomic E-state index is -0.0614. The lowest BCUT2D eigenvalue weighted by molar-refractivity contribution is -0.121. The van der Waals surface area contributed by atoms with Crippen molar-refractivity contribution in [3.8, 4) is 11.5 Å². The Morgan fingerprint density at radius 1 is 1.50 bits per heavy atom. The van der Waals surface area contributed by atoms with Gasteiger partial charge in [0.2, 0.25) is 5.91 Å². The average Bonchev–Trinajstić information content (AvgIpc) is 2.39. The van der Waals surface area contributed by atoms with Gasteiger partial charge in [-0.25, -0.2) is 0 Å². The maximum Gasteiger partial charge on any atom is 0.223 e. The van der Waals surface area contributed by atoms with Crippen molar-refractivity contribution in [2.24, 2.45) is 5.73 Å². The first-order valence-corrected chi connectivity index (χ1v) is 7.22. The van der Waals surface area contributed by atoms with E-state index in [1.807, 2.05) is 19.1 Å². The zero-order chi connectivity index (χ0) is 15.1. The van der Waals surface area contributed by atoms with Crippen LogP contribution in [0.2, 0.25) is 0 Å². The highest BCUT2D eigenvalue weighted by atomic mass is 79.9. The molecule has 1 atom stereocenters. The van der Waals surface area contributed by atoms with Gasteiger partial charge in [-0.1, -0.05) is 0 Å². The fraction of sp³-hybridized carbons (Fsp3) is 0.500. The van der Waals surface area contributed by atoms with Gasteiger partial charge >= 0.3 is 0 Å². The number of carbonyl (C=O) groups excluding carboxylic acids is 1. The first-order chi connectivity index (χ1) is 9.47. The van der Waals surface area contributed by atoms with E-state index in [2.05, 4.69) is 21.2 Å². The van der Waals surface area contributed by atoms with E-state index < -0.39 is 0 Å². The Morgan fingerprint density at radius 2 is 2.20 bits per heavy atom. The summed E-state index contributed by atoms with van der Waals surface area (Å²) in [6.07, 6.45) is 1.06. The van der Waals surface area contributed by atoms with Gasteiger partial charge in [-0.2, -0.15) is 0 Å². The van der Waals surface area contributed by atoms with Crippen LogP contribution in [0, 0.1) is 0 Å². The molecular formula is C14H21BrN2O3. The average molecular weight is 345 g/mol. The van der Waals surface area contributed by atoms with Crippen molar-refractivity contribution in [1.82, 2.24) is 5.32 Å². The number of nitrogens with one attached hydrogen (secondary N) is 1. The van der Waals surface area contributed by atoms with Crippen molar-refractivity contribution >= 4 is 21.8 Å². The zero-order valence-corrected chi connectivity index (χ0v) is 13.6. The Morgan fingerprint density at radius 3 is 2.75 bits per heavy atom. The molecule has 0 bridgehead atoms. The van der Waals surface area contributed by atoms with Crippen LogP contribution in [0.15, 0.2) is 16.6 Å². The molecule has 0 heterocycles. The van der Waals surface area contributed by atoms with Gasteiger partial charge in [-0.15, -0.1) is 0 Å². The fourth-order valence-electron chi connectivity index (χ4n) is 1.77. The number of halogens is 1. The highest BCUT2D eigenvalue weighted by Crippen LogP contribution is 2.37. The first-order valence-electron chi connectivity index (χ1n) is 6.43. The molecule has 1 rings (SSSR count). The normalized spacial score (nSPS) is 11.8.